The summed E-state index contributed by atoms with van der Waals surface area (Å²) in [4.78, 5) is 15.8. The van der Waals surface area contributed by atoms with Crippen LogP contribution in [0.3, 0.4) is 0 Å². The summed E-state index contributed by atoms with van der Waals surface area (Å²) < 4.78 is 1.84. The summed E-state index contributed by atoms with van der Waals surface area (Å²) in [7, 11) is 1.86. The standard InChI is InChI=1S/C14H18N4O2S/c1-8-16-17-13(18(8)5)21-11-7-9(12(19)20)6-10(15-11)14(2,3)4/h6-7H,1-5H3,(H,19,20). The van der Waals surface area contributed by atoms with Crippen molar-refractivity contribution in [2.75, 3.05) is 0 Å². The quantitative estimate of drug-likeness (QED) is 0.939. The Morgan fingerprint density at radius 2 is 1.95 bits per heavy atom. The largest absolute Gasteiger partial charge is 0.478 e. The Balaban J connectivity index is 2.45. The molecule has 2 rings (SSSR count). The molecule has 0 radical (unpaired) electrons. The van der Waals surface area contributed by atoms with E-state index in [1.54, 1.807) is 12.1 Å². The number of nitrogens with zero attached hydrogens (tertiary/aromatic N) is 4. The third-order valence-electron chi connectivity index (χ3n) is 3.07. The molecule has 0 atom stereocenters. The van der Waals surface area contributed by atoms with Crippen LogP contribution in [0.1, 0.15) is 42.6 Å². The molecule has 0 saturated heterocycles. The van der Waals surface area contributed by atoms with E-state index in [4.69, 9.17) is 0 Å². The first kappa shape index (κ1) is 15.5. The number of carbonyl (C=O) groups is 1. The summed E-state index contributed by atoms with van der Waals surface area (Å²) in [6.07, 6.45) is 0. The summed E-state index contributed by atoms with van der Waals surface area (Å²) in [5.41, 5.74) is 0.747. The van der Waals surface area contributed by atoms with Crippen molar-refractivity contribution in [2.24, 2.45) is 7.05 Å². The number of hydrogen-bond donors (Lipinski definition) is 1. The lowest BCUT2D eigenvalue weighted by Gasteiger charge is -2.19. The van der Waals surface area contributed by atoms with Gasteiger partial charge in [-0.25, -0.2) is 9.78 Å². The van der Waals surface area contributed by atoms with Crippen LogP contribution in [0.4, 0.5) is 0 Å². The second-order valence-electron chi connectivity index (χ2n) is 5.83. The fourth-order valence-corrected chi connectivity index (χ4v) is 2.50. The van der Waals surface area contributed by atoms with Crippen LogP contribution in [0, 0.1) is 6.92 Å². The second kappa shape index (κ2) is 5.48. The van der Waals surface area contributed by atoms with E-state index in [-0.39, 0.29) is 11.0 Å². The molecule has 0 aromatic carbocycles. The number of aryl methyl sites for hydroxylation is 1. The van der Waals surface area contributed by atoms with Crippen LogP contribution >= 0.6 is 11.8 Å². The zero-order valence-corrected chi connectivity index (χ0v) is 13.5. The molecule has 0 aliphatic heterocycles. The minimum atomic E-state index is -0.959. The molecular weight excluding hydrogens is 288 g/mol. The Morgan fingerprint density at radius 1 is 1.29 bits per heavy atom. The van der Waals surface area contributed by atoms with Gasteiger partial charge in [-0.3, -0.25) is 0 Å². The fraction of sp³-hybridized carbons (Fsp3) is 0.429. The highest BCUT2D eigenvalue weighted by Gasteiger charge is 2.20. The van der Waals surface area contributed by atoms with E-state index >= 15 is 0 Å². The van der Waals surface area contributed by atoms with Crippen molar-refractivity contribution in [3.63, 3.8) is 0 Å². The molecule has 21 heavy (non-hydrogen) atoms. The molecule has 2 aromatic rings. The van der Waals surface area contributed by atoms with Crippen LogP contribution in [-0.2, 0) is 12.5 Å². The highest BCUT2D eigenvalue weighted by Crippen LogP contribution is 2.29. The Bertz CT molecular complexity index is 689. The highest BCUT2D eigenvalue weighted by atomic mass is 32.2. The first-order chi connectivity index (χ1) is 9.68. The maximum atomic E-state index is 11.3. The normalized spacial score (nSPS) is 11.7. The second-order valence-corrected chi connectivity index (χ2v) is 6.81. The minimum absolute atomic E-state index is 0.226. The molecule has 0 amide bonds. The van der Waals surface area contributed by atoms with Crippen molar-refractivity contribution in [3.8, 4) is 0 Å². The molecule has 0 bridgehead atoms. The van der Waals surface area contributed by atoms with Crippen LogP contribution in [0.15, 0.2) is 22.3 Å². The van der Waals surface area contributed by atoms with Gasteiger partial charge in [0.15, 0.2) is 5.16 Å². The van der Waals surface area contributed by atoms with Gasteiger partial charge in [-0.1, -0.05) is 20.8 Å². The predicted molar refractivity (Wildman–Crippen MR) is 79.8 cm³/mol. The van der Waals surface area contributed by atoms with Crippen LogP contribution < -0.4 is 0 Å². The van der Waals surface area contributed by atoms with Crippen molar-refractivity contribution in [3.05, 3.63) is 29.2 Å². The van der Waals surface area contributed by atoms with Gasteiger partial charge < -0.3 is 9.67 Å². The summed E-state index contributed by atoms with van der Waals surface area (Å²) >= 11 is 1.31. The number of aromatic nitrogens is 4. The van der Waals surface area contributed by atoms with E-state index in [9.17, 15) is 9.90 Å². The van der Waals surface area contributed by atoms with Crippen LogP contribution in [-0.4, -0.2) is 30.8 Å². The average molecular weight is 306 g/mol. The van der Waals surface area contributed by atoms with E-state index in [2.05, 4.69) is 15.2 Å². The molecule has 0 saturated carbocycles. The molecule has 2 aromatic heterocycles. The molecule has 7 heteroatoms. The van der Waals surface area contributed by atoms with Gasteiger partial charge in [-0.2, -0.15) is 0 Å². The van der Waals surface area contributed by atoms with Gasteiger partial charge in [-0.05, 0) is 30.8 Å². The lowest BCUT2D eigenvalue weighted by atomic mass is 9.91. The van der Waals surface area contributed by atoms with Gasteiger partial charge in [0.25, 0.3) is 0 Å². The molecule has 0 aliphatic carbocycles. The molecule has 0 aliphatic rings. The smallest absolute Gasteiger partial charge is 0.335 e. The molecule has 6 nitrogen and oxygen atoms in total. The summed E-state index contributed by atoms with van der Waals surface area (Å²) in [5, 5.41) is 18.6. The number of aromatic carboxylic acids is 1. The number of pyridine rings is 1. The Morgan fingerprint density at radius 3 is 2.43 bits per heavy atom. The molecule has 2 heterocycles. The van der Waals surface area contributed by atoms with E-state index < -0.39 is 5.97 Å². The fourth-order valence-electron chi connectivity index (χ4n) is 1.64. The van der Waals surface area contributed by atoms with Gasteiger partial charge >= 0.3 is 5.97 Å². The Hall–Kier alpha value is -1.89. The van der Waals surface area contributed by atoms with E-state index in [0.717, 1.165) is 11.5 Å². The zero-order chi connectivity index (χ0) is 15.8. The van der Waals surface area contributed by atoms with E-state index in [1.165, 1.54) is 11.8 Å². The molecular formula is C14H18N4O2S. The predicted octanol–water partition coefficient (Wildman–Crippen LogP) is 2.67. The van der Waals surface area contributed by atoms with E-state index in [1.807, 2.05) is 39.3 Å². The monoisotopic (exact) mass is 306 g/mol. The summed E-state index contributed by atoms with van der Waals surface area (Å²) in [5.74, 6) is -0.165. The Labute approximate surface area is 127 Å². The lowest BCUT2D eigenvalue weighted by Crippen LogP contribution is -2.15. The lowest BCUT2D eigenvalue weighted by molar-refractivity contribution is 0.0696. The Kier molecular flexibility index (Phi) is 4.04. The van der Waals surface area contributed by atoms with Gasteiger partial charge in [0, 0.05) is 18.2 Å². The highest BCUT2D eigenvalue weighted by molar-refractivity contribution is 7.99. The molecule has 1 N–H and O–H groups in total. The number of carboxylic acids is 1. The van der Waals surface area contributed by atoms with Crippen molar-refractivity contribution in [2.45, 2.75) is 43.3 Å². The van der Waals surface area contributed by atoms with Gasteiger partial charge in [0.2, 0.25) is 0 Å². The number of rotatable bonds is 3. The summed E-state index contributed by atoms with van der Waals surface area (Å²) in [6, 6.07) is 3.18. The van der Waals surface area contributed by atoms with Crippen LogP contribution in [0.25, 0.3) is 0 Å². The molecule has 0 unspecified atom stereocenters. The maximum absolute atomic E-state index is 11.3. The zero-order valence-electron chi connectivity index (χ0n) is 12.7. The molecule has 0 spiro atoms. The van der Waals surface area contributed by atoms with Crippen molar-refractivity contribution >= 4 is 17.7 Å². The van der Waals surface area contributed by atoms with Crippen molar-refractivity contribution in [1.29, 1.82) is 0 Å². The number of hydrogen-bond acceptors (Lipinski definition) is 5. The summed E-state index contributed by atoms with van der Waals surface area (Å²) in [6.45, 7) is 7.87. The molecule has 112 valence electrons. The van der Waals surface area contributed by atoms with Gasteiger partial charge in [0.05, 0.1) is 5.56 Å². The molecule has 0 fully saturated rings. The first-order valence-electron chi connectivity index (χ1n) is 6.48. The van der Waals surface area contributed by atoms with Crippen molar-refractivity contribution < 1.29 is 9.90 Å². The van der Waals surface area contributed by atoms with Gasteiger partial charge in [0.1, 0.15) is 10.9 Å². The minimum Gasteiger partial charge on any atom is -0.478 e. The first-order valence-corrected chi connectivity index (χ1v) is 7.30. The topological polar surface area (TPSA) is 80.9 Å². The number of carboxylic acid groups (broad SMARTS) is 1. The van der Waals surface area contributed by atoms with Crippen LogP contribution in [0.2, 0.25) is 0 Å². The maximum Gasteiger partial charge on any atom is 0.335 e. The van der Waals surface area contributed by atoms with Crippen LogP contribution in [0.5, 0.6) is 0 Å². The SMILES string of the molecule is Cc1nnc(Sc2cc(C(=O)O)cc(C(C)(C)C)n2)n1C. The average Bonchev–Trinajstić information content (AvgIpc) is 2.69. The van der Waals surface area contributed by atoms with E-state index in [0.29, 0.717) is 10.2 Å². The van der Waals surface area contributed by atoms with Crippen molar-refractivity contribution in [1.82, 2.24) is 19.7 Å². The third-order valence-corrected chi connectivity index (χ3v) is 4.02. The van der Waals surface area contributed by atoms with Gasteiger partial charge in [-0.15, -0.1) is 10.2 Å². The third kappa shape index (κ3) is 3.41.